The SMILES string of the molecule is CCN=C(NN)c1csnn1. The summed E-state index contributed by atoms with van der Waals surface area (Å²) in [5.74, 6) is 5.79. The van der Waals surface area contributed by atoms with Crippen molar-refractivity contribution in [2.45, 2.75) is 6.92 Å². The summed E-state index contributed by atoms with van der Waals surface area (Å²) in [5.41, 5.74) is 3.15. The Morgan fingerprint density at radius 2 is 2.73 bits per heavy atom. The van der Waals surface area contributed by atoms with Crippen molar-refractivity contribution >= 4 is 17.4 Å². The van der Waals surface area contributed by atoms with Crippen molar-refractivity contribution in [2.75, 3.05) is 6.54 Å². The molecule has 1 aromatic heterocycles. The third kappa shape index (κ3) is 1.95. The first-order chi connectivity index (χ1) is 5.38. The molecule has 1 rings (SSSR count). The maximum atomic E-state index is 5.21. The number of nitrogens with one attached hydrogen (secondary N) is 1. The second-order valence-electron chi connectivity index (χ2n) is 1.76. The Labute approximate surface area is 68.5 Å². The number of aromatic nitrogens is 2. The van der Waals surface area contributed by atoms with Gasteiger partial charge in [-0.25, -0.2) is 5.84 Å². The Balaban J connectivity index is 2.79. The van der Waals surface area contributed by atoms with Crippen LogP contribution in [0.2, 0.25) is 0 Å². The van der Waals surface area contributed by atoms with Crippen LogP contribution in [0.15, 0.2) is 10.4 Å². The highest BCUT2D eigenvalue weighted by Crippen LogP contribution is 1.96. The van der Waals surface area contributed by atoms with E-state index in [9.17, 15) is 0 Å². The highest BCUT2D eigenvalue weighted by atomic mass is 32.1. The van der Waals surface area contributed by atoms with Gasteiger partial charge in [-0.3, -0.25) is 4.99 Å². The van der Waals surface area contributed by atoms with Crippen molar-refractivity contribution in [3.8, 4) is 0 Å². The predicted octanol–water partition coefficient (Wildman–Crippen LogP) is -0.232. The third-order valence-corrected chi connectivity index (χ3v) is 1.56. The number of hydrogen-bond acceptors (Lipinski definition) is 5. The first kappa shape index (κ1) is 8.09. The Kier molecular flexibility index (Phi) is 2.94. The number of hydrogen-bond donors (Lipinski definition) is 2. The lowest BCUT2D eigenvalue weighted by molar-refractivity contribution is 0.974. The van der Waals surface area contributed by atoms with Gasteiger partial charge in [0.25, 0.3) is 0 Å². The van der Waals surface area contributed by atoms with E-state index in [-0.39, 0.29) is 0 Å². The molecule has 0 aliphatic rings. The van der Waals surface area contributed by atoms with Crippen LogP contribution >= 0.6 is 11.5 Å². The van der Waals surface area contributed by atoms with Crippen LogP contribution in [0.4, 0.5) is 0 Å². The molecule has 0 aliphatic carbocycles. The van der Waals surface area contributed by atoms with E-state index in [0.29, 0.717) is 18.1 Å². The minimum Gasteiger partial charge on any atom is -0.307 e. The lowest BCUT2D eigenvalue weighted by atomic mass is 10.4. The van der Waals surface area contributed by atoms with E-state index >= 15 is 0 Å². The molecule has 0 bridgehead atoms. The average molecular weight is 171 g/mol. The van der Waals surface area contributed by atoms with Crippen molar-refractivity contribution < 1.29 is 0 Å². The van der Waals surface area contributed by atoms with Crippen molar-refractivity contribution in [3.63, 3.8) is 0 Å². The summed E-state index contributed by atoms with van der Waals surface area (Å²) >= 11 is 1.27. The maximum Gasteiger partial charge on any atom is 0.164 e. The largest absolute Gasteiger partial charge is 0.307 e. The number of amidine groups is 1. The molecule has 0 aromatic carbocycles. The van der Waals surface area contributed by atoms with Gasteiger partial charge in [0.1, 0.15) is 5.69 Å². The summed E-state index contributed by atoms with van der Waals surface area (Å²) < 4.78 is 3.69. The van der Waals surface area contributed by atoms with E-state index < -0.39 is 0 Å². The van der Waals surface area contributed by atoms with E-state index in [0.717, 1.165) is 0 Å². The summed E-state index contributed by atoms with van der Waals surface area (Å²) in [6.07, 6.45) is 0. The summed E-state index contributed by atoms with van der Waals surface area (Å²) in [6.45, 7) is 2.61. The van der Waals surface area contributed by atoms with Crippen molar-refractivity contribution in [2.24, 2.45) is 10.8 Å². The van der Waals surface area contributed by atoms with Gasteiger partial charge in [0, 0.05) is 11.9 Å². The van der Waals surface area contributed by atoms with E-state index in [1.807, 2.05) is 6.92 Å². The molecule has 0 radical (unpaired) electrons. The molecule has 3 N–H and O–H groups in total. The van der Waals surface area contributed by atoms with Gasteiger partial charge in [0.05, 0.1) is 0 Å². The molecule has 0 unspecified atom stereocenters. The van der Waals surface area contributed by atoms with Gasteiger partial charge in [0.15, 0.2) is 5.84 Å². The Hall–Kier alpha value is -1.01. The maximum absolute atomic E-state index is 5.21. The van der Waals surface area contributed by atoms with E-state index in [2.05, 4.69) is 20.0 Å². The van der Waals surface area contributed by atoms with E-state index in [1.54, 1.807) is 5.38 Å². The van der Waals surface area contributed by atoms with Crippen LogP contribution in [0.3, 0.4) is 0 Å². The molecule has 6 heteroatoms. The Morgan fingerprint density at radius 1 is 1.91 bits per heavy atom. The predicted molar refractivity (Wildman–Crippen MR) is 44.3 cm³/mol. The molecule has 0 saturated carbocycles. The lowest BCUT2D eigenvalue weighted by Crippen LogP contribution is -2.31. The first-order valence-electron chi connectivity index (χ1n) is 3.17. The standard InChI is InChI=1S/C5H9N5S/c1-2-7-5(8-6)4-3-11-10-9-4/h3H,2,6H2,1H3,(H,7,8). The molecule has 1 heterocycles. The number of nitrogens with two attached hydrogens (primary N) is 1. The highest BCUT2D eigenvalue weighted by molar-refractivity contribution is 7.03. The van der Waals surface area contributed by atoms with Gasteiger partial charge < -0.3 is 5.43 Å². The second kappa shape index (κ2) is 3.99. The van der Waals surface area contributed by atoms with Gasteiger partial charge in [-0.05, 0) is 18.5 Å². The summed E-state index contributed by atoms with van der Waals surface area (Å²) in [7, 11) is 0. The first-order valence-corrected chi connectivity index (χ1v) is 4.00. The zero-order valence-electron chi connectivity index (χ0n) is 6.11. The fourth-order valence-corrected chi connectivity index (χ4v) is 1.07. The molecule has 5 nitrogen and oxygen atoms in total. The normalized spacial score (nSPS) is 11.6. The fourth-order valence-electron chi connectivity index (χ4n) is 0.626. The minimum absolute atomic E-state index is 0.584. The molecule has 11 heavy (non-hydrogen) atoms. The molecule has 0 spiro atoms. The lowest BCUT2D eigenvalue weighted by Gasteiger charge is -1.98. The summed E-state index contributed by atoms with van der Waals surface area (Å²) in [4.78, 5) is 4.07. The van der Waals surface area contributed by atoms with Crippen LogP contribution in [0.25, 0.3) is 0 Å². The zero-order valence-corrected chi connectivity index (χ0v) is 6.93. The van der Waals surface area contributed by atoms with Crippen LogP contribution in [0.5, 0.6) is 0 Å². The van der Waals surface area contributed by atoms with Gasteiger partial charge in [0.2, 0.25) is 0 Å². The van der Waals surface area contributed by atoms with Crippen LogP contribution < -0.4 is 11.3 Å². The van der Waals surface area contributed by atoms with Crippen LogP contribution in [-0.2, 0) is 0 Å². The highest BCUT2D eigenvalue weighted by Gasteiger charge is 2.02. The molecular weight excluding hydrogens is 162 g/mol. The molecule has 60 valence electrons. The van der Waals surface area contributed by atoms with Crippen molar-refractivity contribution in [1.29, 1.82) is 0 Å². The fraction of sp³-hybridized carbons (Fsp3) is 0.400. The van der Waals surface area contributed by atoms with Gasteiger partial charge in [-0.2, -0.15) is 0 Å². The van der Waals surface area contributed by atoms with Crippen molar-refractivity contribution in [3.05, 3.63) is 11.1 Å². The monoisotopic (exact) mass is 171 g/mol. The minimum atomic E-state index is 0.584. The molecule has 0 fully saturated rings. The number of nitrogens with zero attached hydrogens (tertiary/aromatic N) is 3. The zero-order chi connectivity index (χ0) is 8.10. The van der Waals surface area contributed by atoms with E-state index in [1.165, 1.54) is 11.5 Å². The topological polar surface area (TPSA) is 76.2 Å². The molecule has 0 aliphatic heterocycles. The molecule has 0 amide bonds. The molecule has 0 atom stereocenters. The Morgan fingerprint density at radius 3 is 3.18 bits per heavy atom. The molecular formula is C5H9N5S. The average Bonchev–Trinajstić information content (AvgIpc) is 2.52. The Bertz CT molecular complexity index is 229. The summed E-state index contributed by atoms with van der Waals surface area (Å²) in [5, 5.41) is 5.59. The van der Waals surface area contributed by atoms with Crippen molar-refractivity contribution in [1.82, 2.24) is 15.0 Å². The number of rotatable bonds is 2. The van der Waals surface area contributed by atoms with Gasteiger partial charge >= 0.3 is 0 Å². The third-order valence-electron chi connectivity index (χ3n) is 1.06. The second-order valence-corrected chi connectivity index (χ2v) is 2.37. The van der Waals surface area contributed by atoms with Crippen LogP contribution in [0, 0.1) is 0 Å². The smallest absolute Gasteiger partial charge is 0.164 e. The molecule has 0 saturated heterocycles. The number of aliphatic imine (C=N–C) groups is 1. The number of hydrazine groups is 1. The van der Waals surface area contributed by atoms with Crippen LogP contribution in [-0.4, -0.2) is 22.0 Å². The van der Waals surface area contributed by atoms with Gasteiger partial charge in [-0.1, -0.05) is 4.49 Å². The summed E-state index contributed by atoms with van der Waals surface area (Å²) in [6, 6.07) is 0. The molecule has 1 aromatic rings. The van der Waals surface area contributed by atoms with E-state index in [4.69, 9.17) is 5.84 Å². The van der Waals surface area contributed by atoms with Gasteiger partial charge in [-0.15, -0.1) is 5.10 Å². The quantitative estimate of drug-likeness (QED) is 0.279. The van der Waals surface area contributed by atoms with Crippen LogP contribution in [0.1, 0.15) is 12.6 Å².